The van der Waals surface area contributed by atoms with E-state index in [1.807, 2.05) is 13.0 Å². The van der Waals surface area contributed by atoms with Crippen molar-refractivity contribution in [2.75, 3.05) is 5.32 Å². The number of carboxylic acids is 1. The molecule has 0 atom stereocenters. The number of rotatable bonds is 3. The second-order valence-electron chi connectivity index (χ2n) is 4.42. The van der Waals surface area contributed by atoms with Crippen molar-refractivity contribution in [3.63, 3.8) is 0 Å². The molecule has 0 fully saturated rings. The number of carboxylic acid groups (broad SMARTS) is 1. The fourth-order valence-corrected chi connectivity index (χ4v) is 1.88. The maximum absolute atomic E-state index is 12.1. The zero-order chi connectivity index (χ0) is 14.2. The van der Waals surface area contributed by atoms with E-state index >= 15 is 0 Å². The highest BCUT2D eigenvalue weighted by Gasteiger charge is 2.17. The summed E-state index contributed by atoms with van der Waals surface area (Å²) in [6.07, 6.45) is 0. The first kappa shape index (κ1) is 12.9. The lowest BCUT2D eigenvalue weighted by atomic mass is 10.3. The average molecular weight is 261 g/mol. The predicted octanol–water partition coefficient (Wildman–Crippen LogP) is 1.92. The molecule has 2 rings (SSSR count). The van der Waals surface area contributed by atoms with Gasteiger partial charge in [-0.25, -0.2) is 4.79 Å². The van der Waals surface area contributed by atoms with Crippen molar-refractivity contribution in [2.24, 2.45) is 7.05 Å². The lowest BCUT2D eigenvalue weighted by Crippen LogP contribution is -2.17. The lowest BCUT2D eigenvalue weighted by Gasteiger charge is -2.06. The Morgan fingerprint density at radius 2 is 2.00 bits per heavy atom. The van der Waals surface area contributed by atoms with E-state index in [1.165, 1.54) is 0 Å². The van der Waals surface area contributed by atoms with Crippen LogP contribution in [0, 0.1) is 13.8 Å². The third-order valence-corrected chi connectivity index (χ3v) is 3.02. The van der Waals surface area contributed by atoms with E-state index in [2.05, 4.69) is 10.3 Å². The first-order valence-electron chi connectivity index (χ1n) is 5.76. The molecule has 2 aromatic rings. The van der Waals surface area contributed by atoms with Gasteiger partial charge in [-0.3, -0.25) is 4.79 Å². The van der Waals surface area contributed by atoms with E-state index < -0.39 is 5.97 Å². The van der Waals surface area contributed by atoms with Crippen LogP contribution in [0.3, 0.4) is 0 Å². The Hall–Kier alpha value is -2.50. The number of H-pyrrole nitrogens is 1. The molecular weight excluding hydrogens is 246 g/mol. The van der Waals surface area contributed by atoms with Crippen LogP contribution < -0.4 is 5.32 Å². The summed E-state index contributed by atoms with van der Waals surface area (Å²) in [5.74, 6) is -1.44. The van der Waals surface area contributed by atoms with Crippen molar-refractivity contribution >= 4 is 17.6 Å². The van der Waals surface area contributed by atoms with E-state index in [-0.39, 0.29) is 17.3 Å². The highest BCUT2D eigenvalue weighted by molar-refractivity contribution is 6.06. The van der Waals surface area contributed by atoms with Crippen LogP contribution >= 0.6 is 0 Å². The van der Waals surface area contributed by atoms with Crippen LogP contribution in [0.4, 0.5) is 5.69 Å². The number of anilines is 1. The number of aromatic nitrogens is 2. The average Bonchev–Trinajstić information content (AvgIpc) is 2.84. The fraction of sp³-hybridized carbons (Fsp3) is 0.231. The number of hydrogen-bond donors (Lipinski definition) is 3. The molecule has 2 heterocycles. The maximum Gasteiger partial charge on any atom is 0.354 e. The molecule has 0 radical (unpaired) electrons. The summed E-state index contributed by atoms with van der Waals surface area (Å²) >= 11 is 0. The van der Waals surface area contributed by atoms with Gasteiger partial charge in [0, 0.05) is 18.4 Å². The number of amides is 1. The number of hydrogen-bond acceptors (Lipinski definition) is 2. The molecule has 0 spiro atoms. The molecule has 3 N–H and O–H groups in total. The highest BCUT2D eigenvalue weighted by Crippen LogP contribution is 2.18. The van der Waals surface area contributed by atoms with Gasteiger partial charge in [-0.2, -0.15) is 0 Å². The maximum atomic E-state index is 12.1. The summed E-state index contributed by atoms with van der Waals surface area (Å²) in [5.41, 5.74) is 2.36. The van der Waals surface area contributed by atoms with Crippen LogP contribution in [0.2, 0.25) is 0 Å². The van der Waals surface area contributed by atoms with Crippen molar-refractivity contribution in [1.29, 1.82) is 0 Å². The Morgan fingerprint density at radius 3 is 2.53 bits per heavy atom. The third-order valence-electron chi connectivity index (χ3n) is 3.02. The molecule has 0 unspecified atom stereocenters. The quantitative estimate of drug-likeness (QED) is 0.788. The van der Waals surface area contributed by atoms with Gasteiger partial charge in [0.2, 0.25) is 0 Å². The molecule has 0 aromatic carbocycles. The van der Waals surface area contributed by atoms with E-state index in [4.69, 9.17) is 5.11 Å². The van der Waals surface area contributed by atoms with Crippen LogP contribution in [0.15, 0.2) is 18.2 Å². The summed E-state index contributed by atoms with van der Waals surface area (Å²) in [6, 6.07) is 5.12. The second kappa shape index (κ2) is 4.64. The number of aromatic carboxylic acids is 1. The van der Waals surface area contributed by atoms with Gasteiger partial charge < -0.3 is 20.0 Å². The van der Waals surface area contributed by atoms with Crippen molar-refractivity contribution in [2.45, 2.75) is 13.8 Å². The topological polar surface area (TPSA) is 87.1 Å². The lowest BCUT2D eigenvalue weighted by molar-refractivity contribution is 0.0692. The van der Waals surface area contributed by atoms with Gasteiger partial charge in [0.1, 0.15) is 11.4 Å². The summed E-state index contributed by atoms with van der Waals surface area (Å²) in [7, 11) is 1.78. The number of aryl methyl sites for hydroxylation is 2. The Labute approximate surface area is 110 Å². The Morgan fingerprint density at radius 1 is 1.32 bits per heavy atom. The Balaban J connectivity index is 2.29. The molecule has 19 heavy (non-hydrogen) atoms. The molecule has 2 aromatic heterocycles. The van der Waals surface area contributed by atoms with E-state index in [0.717, 1.165) is 5.69 Å². The first-order chi connectivity index (χ1) is 8.90. The summed E-state index contributed by atoms with van der Waals surface area (Å²) in [5, 5.41) is 11.6. The molecule has 0 saturated carbocycles. The molecule has 0 aliphatic carbocycles. The van der Waals surface area contributed by atoms with Crippen molar-refractivity contribution in [3.8, 4) is 0 Å². The number of nitrogens with one attached hydrogen (secondary N) is 2. The van der Waals surface area contributed by atoms with E-state index in [0.29, 0.717) is 11.4 Å². The molecular formula is C13H15N3O3. The normalized spacial score (nSPS) is 10.5. The Kier molecular flexibility index (Phi) is 3.16. The smallest absolute Gasteiger partial charge is 0.354 e. The molecule has 0 saturated heterocycles. The molecule has 100 valence electrons. The van der Waals surface area contributed by atoms with Crippen LogP contribution in [0.5, 0.6) is 0 Å². The molecule has 0 aliphatic heterocycles. The zero-order valence-corrected chi connectivity index (χ0v) is 10.9. The highest BCUT2D eigenvalue weighted by atomic mass is 16.4. The standard InChI is InChI=1S/C13H15N3O3/c1-7-6-9(11(14-7)13(18)19)15-12(17)10-5-4-8(2)16(10)3/h4-6,14H,1-3H3,(H,15,17)(H,18,19). The van der Waals surface area contributed by atoms with E-state index in [1.54, 1.807) is 30.7 Å². The summed E-state index contributed by atoms with van der Waals surface area (Å²) < 4.78 is 1.75. The van der Waals surface area contributed by atoms with Crippen LogP contribution in [-0.2, 0) is 7.05 Å². The third kappa shape index (κ3) is 2.37. The summed E-state index contributed by atoms with van der Waals surface area (Å²) in [6.45, 7) is 3.62. The van der Waals surface area contributed by atoms with Gasteiger partial charge in [0.15, 0.2) is 0 Å². The van der Waals surface area contributed by atoms with Crippen molar-refractivity contribution in [3.05, 3.63) is 41.0 Å². The second-order valence-corrected chi connectivity index (χ2v) is 4.42. The monoisotopic (exact) mass is 261 g/mol. The fourth-order valence-electron chi connectivity index (χ4n) is 1.88. The van der Waals surface area contributed by atoms with Gasteiger partial charge in [-0.1, -0.05) is 0 Å². The van der Waals surface area contributed by atoms with Crippen molar-refractivity contribution in [1.82, 2.24) is 9.55 Å². The van der Waals surface area contributed by atoms with Gasteiger partial charge in [0.25, 0.3) is 5.91 Å². The minimum Gasteiger partial charge on any atom is -0.477 e. The van der Waals surface area contributed by atoms with Crippen LogP contribution in [0.25, 0.3) is 0 Å². The number of carbonyl (C=O) groups is 2. The van der Waals surface area contributed by atoms with Gasteiger partial charge in [-0.15, -0.1) is 0 Å². The molecule has 1 amide bonds. The minimum atomic E-state index is -1.11. The first-order valence-corrected chi connectivity index (χ1v) is 5.76. The van der Waals surface area contributed by atoms with E-state index in [9.17, 15) is 9.59 Å². The van der Waals surface area contributed by atoms with Crippen molar-refractivity contribution < 1.29 is 14.7 Å². The molecule has 6 nitrogen and oxygen atoms in total. The zero-order valence-electron chi connectivity index (χ0n) is 10.9. The summed E-state index contributed by atoms with van der Waals surface area (Å²) in [4.78, 5) is 25.8. The number of aromatic amines is 1. The van der Waals surface area contributed by atoms with Gasteiger partial charge in [-0.05, 0) is 32.0 Å². The molecule has 6 heteroatoms. The van der Waals surface area contributed by atoms with Crippen LogP contribution in [-0.4, -0.2) is 26.5 Å². The molecule has 0 aliphatic rings. The van der Waals surface area contributed by atoms with Crippen LogP contribution in [0.1, 0.15) is 32.4 Å². The number of carbonyl (C=O) groups excluding carboxylic acids is 1. The molecule has 0 bridgehead atoms. The number of nitrogens with zero attached hydrogens (tertiary/aromatic N) is 1. The SMILES string of the molecule is Cc1cc(NC(=O)c2ccc(C)n2C)c(C(=O)O)[nH]1. The minimum absolute atomic E-state index is 0.0169. The predicted molar refractivity (Wildman–Crippen MR) is 70.6 cm³/mol. The largest absolute Gasteiger partial charge is 0.477 e. The van der Waals surface area contributed by atoms with Gasteiger partial charge >= 0.3 is 5.97 Å². The van der Waals surface area contributed by atoms with Gasteiger partial charge in [0.05, 0.1) is 5.69 Å². The Bertz CT molecular complexity index is 652.